The molecule has 1 aliphatic heterocycles. The quantitative estimate of drug-likeness (QED) is 0.804. The zero-order chi connectivity index (χ0) is 11.5. The van der Waals surface area contributed by atoms with Crippen LogP contribution in [0.2, 0.25) is 0 Å². The highest BCUT2D eigenvalue weighted by molar-refractivity contribution is 5.48. The summed E-state index contributed by atoms with van der Waals surface area (Å²) in [5.74, 6) is 1.36. The number of phenolic OH excluding ortho intramolecular Hbond substituents is 1. The lowest BCUT2D eigenvalue weighted by Gasteiger charge is -2.24. The third-order valence-corrected chi connectivity index (χ3v) is 3.25. The molecule has 1 saturated heterocycles. The summed E-state index contributed by atoms with van der Waals surface area (Å²) in [5.41, 5.74) is 2.21. The van der Waals surface area contributed by atoms with Crippen molar-refractivity contribution in [2.75, 3.05) is 20.2 Å². The van der Waals surface area contributed by atoms with Gasteiger partial charge in [-0.1, -0.05) is 6.07 Å². The van der Waals surface area contributed by atoms with Gasteiger partial charge in [-0.25, -0.2) is 0 Å². The molecular weight excluding hydrogens is 202 g/mol. The normalized spacial score (nSPS) is 20.8. The second-order valence-electron chi connectivity index (χ2n) is 4.43. The molecule has 88 valence electrons. The zero-order valence-corrected chi connectivity index (χ0v) is 9.92. The van der Waals surface area contributed by atoms with E-state index in [1.807, 2.05) is 13.0 Å². The molecule has 0 aromatic heterocycles. The van der Waals surface area contributed by atoms with Crippen LogP contribution in [-0.2, 0) is 0 Å². The topological polar surface area (TPSA) is 41.5 Å². The summed E-state index contributed by atoms with van der Waals surface area (Å²) in [6.07, 6.45) is 2.40. The summed E-state index contributed by atoms with van der Waals surface area (Å²) in [4.78, 5) is 0. The standard InChI is InChI=1S/C13H19NO2/c1-9-6-11(7-12(15)13(9)16-2)10-4-3-5-14-8-10/h6-7,10,14-15H,3-5,8H2,1-2H3. The highest BCUT2D eigenvalue weighted by atomic mass is 16.5. The average molecular weight is 221 g/mol. The van der Waals surface area contributed by atoms with Crippen molar-refractivity contribution < 1.29 is 9.84 Å². The Balaban J connectivity index is 2.28. The lowest BCUT2D eigenvalue weighted by molar-refractivity contribution is 0.369. The number of rotatable bonds is 2. The number of methoxy groups -OCH3 is 1. The molecule has 16 heavy (non-hydrogen) atoms. The van der Waals surface area contributed by atoms with Crippen molar-refractivity contribution in [1.82, 2.24) is 5.32 Å². The largest absolute Gasteiger partial charge is 0.504 e. The van der Waals surface area contributed by atoms with Gasteiger partial charge in [0.2, 0.25) is 0 Å². The number of hydrogen-bond acceptors (Lipinski definition) is 3. The fourth-order valence-corrected chi connectivity index (χ4v) is 2.42. The van der Waals surface area contributed by atoms with Crippen molar-refractivity contribution in [3.05, 3.63) is 23.3 Å². The summed E-state index contributed by atoms with van der Waals surface area (Å²) < 4.78 is 5.15. The Morgan fingerprint density at radius 1 is 1.44 bits per heavy atom. The second kappa shape index (κ2) is 4.74. The maximum atomic E-state index is 9.86. The first-order valence-electron chi connectivity index (χ1n) is 5.80. The van der Waals surface area contributed by atoms with Crippen molar-refractivity contribution in [3.8, 4) is 11.5 Å². The van der Waals surface area contributed by atoms with Gasteiger partial charge in [0.15, 0.2) is 11.5 Å². The number of phenols is 1. The van der Waals surface area contributed by atoms with Crippen LogP contribution in [0.15, 0.2) is 12.1 Å². The fraction of sp³-hybridized carbons (Fsp3) is 0.538. The van der Waals surface area contributed by atoms with Crippen LogP contribution in [0.1, 0.15) is 29.9 Å². The molecule has 2 rings (SSSR count). The Morgan fingerprint density at radius 3 is 2.81 bits per heavy atom. The molecule has 0 aliphatic carbocycles. The first-order valence-corrected chi connectivity index (χ1v) is 5.80. The predicted molar refractivity (Wildman–Crippen MR) is 64.2 cm³/mol. The van der Waals surface area contributed by atoms with Gasteiger partial charge < -0.3 is 15.2 Å². The zero-order valence-electron chi connectivity index (χ0n) is 9.92. The molecule has 0 saturated carbocycles. The van der Waals surface area contributed by atoms with Gasteiger partial charge in [-0.15, -0.1) is 0 Å². The van der Waals surface area contributed by atoms with Crippen LogP contribution in [0.4, 0.5) is 0 Å². The maximum absolute atomic E-state index is 9.86. The highest BCUT2D eigenvalue weighted by Gasteiger charge is 2.17. The molecule has 1 atom stereocenters. The summed E-state index contributed by atoms with van der Waals surface area (Å²) in [6.45, 7) is 4.08. The van der Waals surface area contributed by atoms with Crippen molar-refractivity contribution >= 4 is 0 Å². The lowest BCUT2D eigenvalue weighted by atomic mass is 9.90. The molecule has 3 nitrogen and oxygen atoms in total. The van der Waals surface area contributed by atoms with Gasteiger partial charge in [-0.2, -0.15) is 0 Å². The molecule has 1 heterocycles. The van der Waals surface area contributed by atoms with E-state index in [-0.39, 0.29) is 5.75 Å². The SMILES string of the molecule is COc1c(C)cc(C2CCCNC2)cc1O. The minimum Gasteiger partial charge on any atom is -0.504 e. The first kappa shape index (κ1) is 11.3. The van der Waals surface area contributed by atoms with Gasteiger partial charge >= 0.3 is 0 Å². The molecule has 1 fully saturated rings. The van der Waals surface area contributed by atoms with Gasteiger partial charge in [0.25, 0.3) is 0 Å². The van der Waals surface area contributed by atoms with Gasteiger partial charge in [0.1, 0.15) is 0 Å². The third kappa shape index (κ3) is 2.14. The minimum atomic E-state index is 0.253. The molecule has 3 heteroatoms. The van der Waals surface area contributed by atoms with E-state index < -0.39 is 0 Å². The molecule has 1 aromatic carbocycles. The van der Waals surface area contributed by atoms with Crippen LogP contribution in [-0.4, -0.2) is 25.3 Å². The van der Waals surface area contributed by atoms with Crippen molar-refractivity contribution in [2.45, 2.75) is 25.7 Å². The van der Waals surface area contributed by atoms with E-state index in [4.69, 9.17) is 4.74 Å². The van der Waals surface area contributed by atoms with Crippen LogP contribution in [0, 0.1) is 6.92 Å². The lowest BCUT2D eigenvalue weighted by Crippen LogP contribution is -2.28. The molecule has 0 amide bonds. The molecular formula is C13H19NO2. The van der Waals surface area contributed by atoms with Crippen LogP contribution in [0.3, 0.4) is 0 Å². The number of aromatic hydroxyl groups is 1. The van der Waals surface area contributed by atoms with Crippen LogP contribution >= 0.6 is 0 Å². The Kier molecular flexibility index (Phi) is 3.34. The van der Waals surface area contributed by atoms with E-state index in [0.717, 1.165) is 18.7 Å². The summed E-state index contributed by atoms with van der Waals surface area (Å²) in [5, 5.41) is 13.2. The predicted octanol–water partition coefficient (Wildman–Crippen LogP) is 2.18. The van der Waals surface area contributed by atoms with Gasteiger partial charge in [0, 0.05) is 6.54 Å². The summed E-state index contributed by atoms with van der Waals surface area (Å²) in [7, 11) is 1.59. The number of nitrogens with one attached hydrogen (secondary N) is 1. The number of benzene rings is 1. The molecule has 2 N–H and O–H groups in total. The van der Waals surface area contributed by atoms with E-state index in [0.29, 0.717) is 11.7 Å². The van der Waals surface area contributed by atoms with Crippen molar-refractivity contribution in [3.63, 3.8) is 0 Å². The number of piperidine rings is 1. The average Bonchev–Trinajstić information content (AvgIpc) is 2.30. The number of ether oxygens (including phenoxy) is 1. The van der Waals surface area contributed by atoms with Crippen molar-refractivity contribution in [1.29, 1.82) is 0 Å². The Morgan fingerprint density at radius 2 is 2.25 bits per heavy atom. The number of aryl methyl sites for hydroxylation is 1. The van der Waals surface area contributed by atoms with Gasteiger partial charge in [0.05, 0.1) is 7.11 Å². The fourth-order valence-electron chi connectivity index (χ4n) is 2.42. The third-order valence-electron chi connectivity index (χ3n) is 3.25. The Hall–Kier alpha value is -1.22. The summed E-state index contributed by atoms with van der Waals surface area (Å²) >= 11 is 0. The molecule has 0 radical (unpaired) electrons. The number of hydrogen-bond donors (Lipinski definition) is 2. The minimum absolute atomic E-state index is 0.253. The van der Waals surface area contributed by atoms with E-state index in [1.165, 1.54) is 18.4 Å². The van der Waals surface area contributed by atoms with E-state index in [2.05, 4.69) is 11.4 Å². The Labute approximate surface area is 96.4 Å². The van der Waals surface area contributed by atoms with E-state index >= 15 is 0 Å². The smallest absolute Gasteiger partial charge is 0.163 e. The van der Waals surface area contributed by atoms with Crippen LogP contribution in [0.5, 0.6) is 11.5 Å². The van der Waals surface area contributed by atoms with Gasteiger partial charge in [-0.05, 0) is 49.4 Å². The first-order chi connectivity index (χ1) is 7.72. The van der Waals surface area contributed by atoms with Gasteiger partial charge in [-0.3, -0.25) is 0 Å². The van der Waals surface area contributed by atoms with Crippen molar-refractivity contribution in [2.24, 2.45) is 0 Å². The Bertz CT molecular complexity index is 347. The molecule has 0 bridgehead atoms. The van der Waals surface area contributed by atoms with E-state index in [1.54, 1.807) is 7.11 Å². The van der Waals surface area contributed by atoms with Crippen LogP contribution in [0.25, 0.3) is 0 Å². The summed E-state index contributed by atoms with van der Waals surface area (Å²) in [6, 6.07) is 3.96. The maximum Gasteiger partial charge on any atom is 0.163 e. The second-order valence-corrected chi connectivity index (χ2v) is 4.43. The van der Waals surface area contributed by atoms with E-state index in [9.17, 15) is 5.11 Å². The molecule has 0 spiro atoms. The van der Waals surface area contributed by atoms with Crippen LogP contribution < -0.4 is 10.1 Å². The molecule has 1 unspecified atom stereocenters. The molecule has 1 aliphatic rings. The molecule has 1 aromatic rings. The monoisotopic (exact) mass is 221 g/mol. The highest BCUT2D eigenvalue weighted by Crippen LogP contribution is 2.35.